The number of hydrogen-bond acceptors (Lipinski definition) is 6. The fourth-order valence-corrected chi connectivity index (χ4v) is 8.70. The van der Waals surface area contributed by atoms with E-state index in [-0.39, 0.29) is 37.5 Å². The molecule has 0 aromatic heterocycles. The molecule has 1 atom stereocenters. The molecule has 452 valence electrons. The van der Waals surface area contributed by atoms with Gasteiger partial charge in [-0.05, 0) is 141 Å². The molecule has 0 radical (unpaired) electrons. The van der Waals surface area contributed by atoms with E-state index in [0.717, 1.165) is 141 Å². The van der Waals surface area contributed by atoms with E-state index >= 15 is 0 Å². The molecule has 0 N–H and O–H groups in total. The van der Waals surface area contributed by atoms with Gasteiger partial charge in [0.2, 0.25) is 0 Å². The Kier molecular flexibility index (Phi) is 62.9. The SMILES string of the molecule is CC/C=C\C/C=C\C/C=C\C/C=C\C/C=C\C/C=C\CCCCC(=O)OC(COC(=O)CCCCCCC/C=C\CCCCCCCCC)COC(=O)CCCCCCCCCCC/C=C\C/C=C\C/C=C\C/C=C\C/C=C\CC. The van der Waals surface area contributed by atoms with Crippen molar-refractivity contribution in [2.45, 2.75) is 290 Å². The number of allylic oxidation sites excluding steroid dienone is 24. The molecule has 0 aromatic rings. The predicted molar refractivity (Wildman–Crippen MR) is 348 cm³/mol. The summed E-state index contributed by atoms with van der Waals surface area (Å²) in [5.41, 5.74) is 0. The third kappa shape index (κ3) is 64.1. The average molecular weight is 1110 g/mol. The molecule has 0 aliphatic rings. The molecule has 0 saturated heterocycles. The van der Waals surface area contributed by atoms with Crippen LogP contribution in [-0.2, 0) is 28.6 Å². The van der Waals surface area contributed by atoms with Crippen molar-refractivity contribution in [1.82, 2.24) is 0 Å². The first-order valence-corrected chi connectivity index (χ1v) is 32.8. The Hall–Kier alpha value is -4.71. The summed E-state index contributed by atoms with van der Waals surface area (Å²) < 4.78 is 16.9. The first-order chi connectivity index (χ1) is 39.5. The van der Waals surface area contributed by atoms with E-state index in [1.165, 1.54) is 96.3 Å². The lowest BCUT2D eigenvalue weighted by Crippen LogP contribution is -2.30. The second kappa shape index (κ2) is 66.8. The first-order valence-electron chi connectivity index (χ1n) is 32.8. The summed E-state index contributed by atoms with van der Waals surface area (Å²) in [5, 5.41) is 0. The smallest absolute Gasteiger partial charge is 0.306 e. The largest absolute Gasteiger partial charge is 0.462 e. The highest BCUT2D eigenvalue weighted by Crippen LogP contribution is 2.15. The molecule has 1 unspecified atom stereocenters. The minimum atomic E-state index is -0.815. The maximum atomic E-state index is 12.9. The molecule has 0 fully saturated rings. The van der Waals surface area contributed by atoms with Gasteiger partial charge >= 0.3 is 17.9 Å². The van der Waals surface area contributed by atoms with E-state index in [0.29, 0.717) is 19.3 Å². The number of carbonyl (C=O) groups excluding carboxylic acids is 3. The molecule has 0 bridgehead atoms. The lowest BCUT2D eigenvalue weighted by atomic mass is 10.1. The van der Waals surface area contributed by atoms with E-state index in [1.54, 1.807) is 0 Å². The molecule has 0 aliphatic heterocycles. The van der Waals surface area contributed by atoms with Crippen LogP contribution in [0.15, 0.2) is 146 Å². The standard InChI is InChI=1S/C74H120O6/c1-4-7-10-13-16-19-22-25-28-31-33-35-36-37-38-40-41-43-46-49-52-55-58-61-64-67-73(76)79-70-71(69-78-72(75)66-63-60-57-54-51-48-45-30-27-24-21-18-15-12-9-6-3)80-74(77)68-65-62-59-56-53-50-47-44-42-39-34-32-29-26-23-20-17-14-11-8-5-2/h7-8,10-11,16-17,19-20,25-26,28-30,33-35,37-39,44-45,47,53,56,71H,4-6,9,12-15,18,21-24,27,31-32,36,40-43,46,48-52,54-55,57-70H2,1-3H3/b10-7-,11-8-,19-16-,20-17-,28-25-,29-26-,35-33-,38-37-,39-34-,45-30-,47-44-,56-53-. The van der Waals surface area contributed by atoms with Crippen LogP contribution in [0.25, 0.3) is 0 Å². The molecule has 0 heterocycles. The summed E-state index contributed by atoms with van der Waals surface area (Å²) in [6.45, 7) is 6.37. The minimum absolute atomic E-state index is 0.106. The minimum Gasteiger partial charge on any atom is -0.462 e. The predicted octanol–water partition coefficient (Wildman–Crippen LogP) is 22.7. The van der Waals surface area contributed by atoms with Gasteiger partial charge < -0.3 is 14.2 Å². The lowest BCUT2D eigenvalue weighted by Gasteiger charge is -2.18. The van der Waals surface area contributed by atoms with Crippen LogP contribution >= 0.6 is 0 Å². The van der Waals surface area contributed by atoms with Crippen molar-refractivity contribution in [3.8, 4) is 0 Å². The number of unbranched alkanes of at least 4 members (excludes halogenated alkanes) is 23. The van der Waals surface area contributed by atoms with Crippen LogP contribution in [0.1, 0.15) is 284 Å². The Morgan fingerprint density at radius 2 is 0.487 bits per heavy atom. The van der Waals surface area contributed by atoms with Crippen molar-refractivity contribution < 1.29 is 28.6 Å². The second-order valence-corrected chi connectivity index (χ2v) is 21.3. The van der Waals surface area contributed by atoms with Gasteiger partial charge in [0.25, 0.3) is 0 Å². The zero-order chi connectivity index (χ0) is 57.8. The van der Waals surface area contributed by atoms with Crippen molar-refractivity contribution in [2.75, 3.05) is 13.2 Å². The number of carbonyl (C=O) groups is 3. The Morgan fingerprint density at radius 3 is 0.800 bits per heavy atom. The van der Waals surface area contributed by atoms with Crippen molar-refractivity contribution >= 4 is 17.9 Å². The van der Waals surface area contributed by atoms with Crippen molar-refractivity contribution in [3.05, 3.63) is 146 Å². The summed E-state index contributed by atoms with van der Waals surface area (Å²) >= 11 is 0. The highest BCUT2D eigenvalue weighted by Gasteiger charge is 2.19. The second-order valence-electron chi connectivity index (χ2n) is 21.3. The molecular formula is C74H120O6. The molecule has 6 nitrogen and oxygen atoms in total. The van der Waals surface area contributed by atoms with E-state index in [1.807, 2.05) is 0 Å². The van der Waals surface area contributed by atoms with Gasteiger partial charge in [-0.3, -0.25) is 14.4 Å². The van der Waals surface area contributed by atoms with E-state index < -0.39 is 6.10 Å². The third-order valence-corrected chi connectivity index (χ3v) is 13.6. The van der Waals surface area contributed by atoms with Crippen LogP contribution in [0.3, 0.4) is 0 Å². The molecule has 80 heavy (non-hydrogen) atoms. The number of rotatable bonds is 58. The Balaban J connectivity index is 4.48. The molecule has 6 heteroatoms. The van der Waals surface area contributed by atoms with Crippen LogP contribution < -0.4 is 0 Å². The van der Waals surface area contributed by atoms with E-state index in [9.17, 15) is 14.4 Å². The van der Waals surface area contributed by atoms with Gasteiger partial charge in [0.15, 0.2) is 6.10 Å². The third-order valence-electron chi connectivity index (χ3n) is 13.6. The molecule has 0 spiro atoms. The number of ether oxygens (including phenoxy) is 3. The molecule has 0 aromatic carbocycles. The van der Waals surface area contributed by atoms with E-state index in [4.69, 9.17) is 14.2 Å². The molecular weight excluding hydrogens is 985 g/mol. The fraction of sp³-hybridized carbons (Fsp3) is 0.635. The number of esters is 3. The Labute approximate surface area is 493 Å². The van der Waals surface area contributed by atoms with Crippen LogP contribution in [0.5, 0.6) is 0 Å². The molecule has 0 aliphatic carbocycles. The van der Waals surface area contributed by atoms with Crippen molar-refractivity contribution in [2.24, 2.45) is 0 Å². The quantitative estimate of drug-likeness (QED) is 0.0261. The normalized spacial score (nSPS) is 13.1. The zero-order valence-electron chi connectivity index (χ0n) is 51.8. The first kappa shape index (κ1) is 75.3. The summed E-state index contributed by atoms with van der Waals surface area (Å²) in [7, 11) is 0. The summed E-state index contributed by atoms with van der Waals surface area (Å²) in [4.78, 5) is 38.4. The maximum Gasteiger partial charge on any atom is 0.306 e. The Bertz CT molecular complexity index is 1750. The van der Waals surface area contributed by atoms with Crippen LogP contribution in [0.2, 0.25) is 0 Å². The van der Waals surface area contributed by atoms with Crippen LogP contribution in [0.4, 0.5) is 0 Å². The van der Waals surface area contributed by atoms with Gasteiger partial charge in [-0.25, -0.2) is 0 Å². The van der Waals surface area contributed by atoms with Gasteiger partial charge in [0, 0.05) is 19.3 Å². The highest BCUT2D eigenvalue weighted by molar-refractivity contribution is 5.71. The molecule has 0 saturated carbocycles. The van der Waals surface area contributed by atoms with Gasteiger partial charge in [-0.2, -0.15) is 0 Å². The fourth-order valence-electron chi connectivity index (χ4n) is 8.70. The lowest BCUT2D eigenvalue weighted by molar-refractivity contribution is -0.167. The monoisotopic (exact) mass is 1100 g/mol. The molecule has 0 amide bonds. The van der Waals surface area contributed by atoms with Gasteiger partial charge in [-0.1, -0.05) is 269 Å². The van der Waals surface area contributed by atoms with Crippen LogP contribution in [-0.4, -0.2) is 37.2 Å². The summed E-state index contributed by atoms with van der Waals surface area (Å²) in [6, 6.07) is 0. The summed E-state index contributed by atoms with van der Waals surface area (Å²) in [6.07, 6.45) is 95.6. The zero-order valence-corrected chi connectivity index (χ0v) is 51.8. The Morgan fingerprint density at radius 1 is 0.263 bits per heavy atom. The number of hydrogen-bond donors (Lipinski definition) is 0. The van der Waals surface area contributed by atoms with Crippen molar-refractivity contribution in [3.63, 3.8) is 0 Å². The van der Waals surface area contributed by atoms with Gasteiger partial charge in [-0.15, -0.1) is 0 Å². The summed E-state index contributed by atoms with van der Waals surface area (Å²) in [5.74, 6) is -0.962. The average Bonchev–Trinajstić information content (AvgIpc) is 3.46. The van der Waals surface area contributed by atoms with Gasteiger partial charge in [0.05, 0.1) is 0 Å². The van der Waals surface area contributed by atoms with Crippen molar-refractivity contribution in [1.29, 1.82) is 0 Å². The van der Waals surface area contributed by atoms with Gasteiger partial charge in [0.1, 0.15) is 13.2 Å². The topological polar surface area (TPSA) is 78.9 Å². The van der Waals surface area contributed by atoms with Crippen LogP contribution in [0, 0.1) is 0 Å². The molecule has 0 rings (SSSR count). The highest BCUT2D eigenvalue weighted by atomic mass is 16.6. The maximum absolute atomic E-state index is 12.9. The van der Waals surface area contributed by atoms with E-state index in [2.05, 4.69) is 167 Å².